The van der Waals surface area contributed by atoms with Crippen molar-refractivity contribution in [3.05, 3.63) is 0 Å². The third kappa shape index (κ3) is 2.47. The van der Waals surface area contributed by atoms with E-state index in [1.165, 1.54) is 0 Å². The Labute approximate surface area is 71.8 Å². The molecular weight excluding hydrogens is 159 g/mol. The third-order valence-electron chi connectivity index (χ3n) is 2.71. The zero-order valence-electron chi connectivity index (χ0n) is 7.13. The highest BCUT2D eigenvalue weighted by atomic mass is 19.1. The largest absolute Gasteiger partial charge is 0.481 e. The van der Waals surface area contributed by atoms with Crippen molar-refractivity contribution in [3.63, 3.8) is 0 Å². The van der Waals surface area contributed by atoms with Gasteiger partial charge in [-0.25, -0.2) is 0 Å². The molecule has 0 saturated heterocycles. The number of alkyl halides is 1. The molecule has 0 spiro atoms. The monoisotopic (exact) mass is 174 g/mol. The molecule has 0 bridgehead atoms. The molecule has 0 aliphatic heterocycles. The average molecular weight is 174 g/mol. The molecule has 1 rings (SSSR count). The van der Waals surface area contributed by atoms with Crippen LogP contribution in [-0.2, 0) is 4.79 Å². The minimum Gasteiger partial charge on any atom is -0.481 e. The molecule has 3 heteroatoms. The molecule has 2 nitrogen and oxygen atoms in total. The molecular formula is C9H15FO2. The van der Waals surface area contributed by atoms with Crippen molar-refractivity contribution in [2.45, 2.75) is 32.1 Å². The summed E-state index contributed by atoms with van der Waals surface area (Å²) < 4.78 is 11.9. The summed E-state index contributed by atoms with van der Waals surface area (Å²) in [6.45, 7) is -0.262. The fraction of sp³-hybridized carbons (Fsp3) is 0.889. The Morgan fingerprint density at radius 1 is 1.33 bits per heavy atom. The van der Waals surface area contributed by atoms with Gasteiger partial charge in [-0.2, -0.15) is 0 Å². The Bertz CT molecular complexity index is 151. The quantitative estimate of drug-likeness (QED) is 0.712. The summed E-state index contributed by atoms with van der Waals surface area (Å²) in [4.78, 5) is 10.5. The first-order valence-electron chi connectivity index (χ1n) is 4.52. The minimum absolute atomic E-state index is 0.166. The molecule has 0 aromatic carbocycles. The molecule has 0 atom stereocenters. The maximum absolute atomic E-state index is 11.9. The van der Waals surface area contributed by atoms with Gasteiger partial charge in [0.2, 0.25) is 0 Å². The minimum atomic E-state index is -0.686. The van der Waals surface area contributed by atoms with Gasteiger partial charge >= 0.3 is 5.97 Å². The predicted molar refractivity (Wildman–Crippen MR) is 43.7 cm³/mol. The molecule has 70 valence electrons. The molecule has 12 heavy (non-hydrogen) atoms. The lowest BCUT2D eigenvalue weighted by Crippen LogP contribution is -2.21. The van der Waals surface area contributed by atoms with Crippen molar-refractivity contribution in [2.24, 2.45) is 11.8 Å². The average Bonchev–Trinajstić information content (AvgIpc) is 2.06. The van der Waals surface area contributed by atoms with Crippen molar-refractivity contribution in [2.75, 3.05) is 6.67 Å². The van der Waals surface area contributed by atoms with Crippen LogP contribution < -0.4 is 0 Å². The van der Waals surface area contributed by atoms with Crippen LogP contribution in [-0.4, -0.2) is 17.8 Å². The molecule has 1 N–H and O–H groups in total. The van der Waals surface area contributed by atoms with Crippen LogP contribution in [0.2, 0.25) is 0 Å². The first kappa shape index (κ1) is 9.49. The van der Waals surface area contributed by atoms with Gasteiger partial charge in [-0.3, -0.25) is 9.18 Å². The lowest BCUT2D eigenvalue weighted by molar-refractivity contribution is -0.143. The lowest BCUT2D eigenvalue weighted by atomic mass is 9.81. The van der Waals surface area contributed by atoms with Crippen molar-refractivity contribution < 1.29 is 14.3 Å². The number of halogens is 1. The molecule has 1 saturated carbocycles. The van der Waals surface area contributed by atoms with Gasteiger partial charge in [0.05, 0.1) is 12.6 Å². The standard InChI is InChI=1S/C9H15FO2/c10-6-5-7-1-3-8(4-2-7)9(11)12/h7-8H,1-6H2,(H,11,12). The lowest BCUT2D eigenvalue weighted by Gasteiger charge is -2.24. The van der Waals surface area contributed by atoms with E-state index in [-0.39, 0.29) is 12.6 Å². The Morgan fingerprint density at radius 2 is 1.92 bits per heavy atom. The number of carboxylic acids is 1. The second kappa shape index (κ2) is 4.43. The van der Waals surface area contributed by atoms with Gasteiger partial charge in [-0.1, -0.05) is 0 Å². The van der Waals surface area contributed by atoms with E-state index in [2.05, 4.69) is 0 Å². The molecule has 1 aliphatic rings. The molecule has 0 radical (unpaired) electrons. The van der Waals surface area contributed by atoms with Gasteiger partial charge in [0.25, 0.3) is 0 Å². The van der Waals surface area contributed by atoms with E-state index < -0.39 is 5.97 Å². The summed E-state index contributed by atoms with van der Waals surface area (Å²) in [5.74, 6) is -0.417. The predicted octanol–water partition coefficient (Wildman–Crippen LogP) is 2.24. The highest BCUT2D eigenvalue weighted by Gasteiger charge is 2.25. The van der Waals surface area contributed by atoms with Crippen LogP contribution in [0.4, 0.5) is 4.39 Å². The number of aliphatic carboxylic acids is 1. The van der Waals surface area contributed by atoms with Crippen molar-refractivity contribution in [1.29, 1.82) is 0 Å². The SMILES string of the molecule is O=C(O)C1CCC(CCF)CC1. The summed E-state index contributed by atoms with van der Waals surface area (Å²) in [6.07, 6.45) is 3.87. The van der Waals surface area contributed by atoms with Crippen LogP contribution in [0.1, 0.15) is 32.1 Å². The first-order valence-corrected chi connectivity index (χ1v) is 4.52. The number of hydrogen-bond acceptors (Lipinski definition) is 1. The number of carbonyl (C=O) groups is 1. The molecule has 0 aromatic rings. The Morgan fingerprint density at radius 3 is 2.33 bits per heavy atom. The highest BCUT2D eigenvalue weighted by molar-refractivity contribution is 5.69. The summed E-state index contributed by atoms with van der Waals surface area (Å²) in [6, 6.07) is 0. The number of hydrogen-bond donors (Lipinski definition) is 1. The molecule has 1 fully saturated rings. The normalized spacial score (nSPS) is 30.1. The van der Waals surface area contributed by atoms with E-state index in [1.54, 1.807) is 0 Å². The fourth-order valence-electron chi connectivity index (χ4n) is 1.85. The number of rotatable bonds is 3. The Balaban J connectivity index is 2.25. The van der Waals surface area contributed by atoms with Gasteiger partial charge in [0.1, 0.15) is 0 Å². The molecule has 0 unspecified atom stereocenters. The zero-order valence-corrected chi connectivity index (χ0v) is 7.13. The summed E-state index contributed by atoms with van der Waals surface area (Å²) in [5.41, 5.74) is 0. The highest BCUT2D eigenvalue weighted by Crippen LogP contribution is 2.30. The fourth-order valence-corrected chi connectivity index (χ4v) is 1.85. The topological polar surface area (TPSA) is 37.3 Å². The summed E-state index contributed by atoms with van der Waals surface area (Å²) >= 11 is 0. The van der Waals surface area contributed by atoms with Gasteiger partial charge in [-0.05, 0) is 38.0 Å². The van der Waals surface area contributed by atoms with Crippen molar-refractivity contribution in [3.8, 4) is 0 Å². The Kier molecular flexibility index (Phi) is 3.50. The van der Waals surface area contributed by atoms with E-state index in [9.17, 15) is 9.18 Å². The van der Waals surface area contributed by atoms with E-state index in [4.69, 9.17) is 5.11 Å². The van der Waals surface area contributed by atoms with Gasteiger partial charge in [0.15, 0.2) is 0 Å². The maximum atomic E-state index is 11.9. The second-order valence-corrected chi connectivity index (χ2v) is 3.53. The number of carboxylic acid groups (broad SMARTS) is 1. The van der Waals surface area contributed by atoms with E-state index in [0.717, 1.165) is 25.7 Å². The molecule has 1 aliphatic carbocycles. The van der Waals surface area contributed by atoms with E-state index in [1.807, 2.05) is 0 Å². The Hall–Kier alpha value is -0.600. The molecule has 0 amide bonds. The zero-order chi connectivity index (χ0) is 8.97. The summed E-state index contributed by atoms with van der Waals surface area (Å²) in [7, 11) is 0. The van der Waals surface area contributed by atoms with Crippen LogP contribution in [0.5, 0.6) is 0 Å². The third-order valence-corrected chi connectivity index (χ3v) is 2.71. The van der Waals surface area contributed by atoms with Gasteiger partial charge in [0, 0.05) is 0 Å². The van der Waals surface area contributed by atoms with Crippen LogP contribution in [0, 0.1) is 11.8 Å². The first-order chi connectivity index (χ1) is 5.74. The van der Waals surface area contributed by atoms with Gasteiger partial charge in [-0.15, -0.1) is 0 Å². The van der Waals surface area contributed by atoms with Crippen molar-refractivity contribution in [1.82, 2.24) is 0 Å². The van der Waals surface area contributed by atoms with Crippen LogP contribution in [0.15, 0.2) is 0 Å². The van der Waals surface area contributed by atoms with Crippen LogP contribution in [0.3, 0.4) is 0 Å². The van der Waals surface area contributed by atoms with E-state index in [0.29, 0.717) is 12.3 Å². The smallest absolute Gasteiger partial charge is 0.306 e. The van der Waals surface area contributed by atoms with Crippen molar-refractivity contribution >= 4 is 5.97 Å². The van der Waals surface area contributed by atoms with Crippen LogP contribution >= 0.6 is 0 Å². The molecule has 0 aromatic heterocycles. The summed E-state index contributed by atoms with van der Waals surface area (Å²) in [5, 5.41) is 8.68. The second-order valence-electron chi connectivity index (χ2n) is 3.53. The van der Waals surface area contributed by atoms with Crippen LogP contribution in [0.25, 0.3) is 0 Å². The van der Waals surface area contributed by atoms with E-state index >= 15 is 0 Å². The van der Waals surface area contributed by atoms with Gasteiger partial charge < -0.3 is 5.11 Å². The molecule has 0 heterocycles. The maximum Gasteiger partial charge on any atom is 0.306 e.